The Bertz CT molecular complexity index is 111. The first kappa shape index (κ1) is 14.8. The normalized spacial score (nSPS) is 11.2. The van der Waals surface area contributed by atoms with Crippen LogP contribution in [0.25, 0.3) is 0 Å². The Balaban J connectivity index is 3.53. The molecule has 0 bridgehead atoms. The molecule has 0 heterocycles. The molecule has 6 heteroatoms. The number of hydrogen-bond acceptors (Lipinski definition) is 6. The lowest BCUT2D eigenvalue weighted by molar-refractivity contribution is -0.336. The third-order valence-corrected chi connectivity index (χ3v) is 1.33. The van der Waals surface area contributed by atoms with E-state index in [1.807, 2.05) is 13.8 Å². The molecule has 0 amide bonds. The van der Waals surface area contributed by atoms with Crippen LogP contribution in [0.1, 0.15) is 13.8 Å². The Labute approximate surface area is 90.2 Å². The Morgan fingerprint density at radius 1 is 0.867 bits per heavy atom. The Hall–Kier alpha value is -0.240. The van der Waals surface area contributed by atoms with E-state index in [2.05, 4.69) is 0 Å². The summed E-state index contributed by atoms with van der Waals surface area (Å²) in [6.07, 6.45) is -0.275. The molecular weight excluding hydrogens is 204 g/mol. The maximum absolute atomic E-state index is 5.25. The smallest absolute Gasteiger partial charge is 0.146 e. The molecule has 0 N–H and O–H groups in total. The topological polar surface area (TPSA) is 55.4 Å². The SMILES string of the molecule is CCOOCC(COOCC)OCOC. The van der Waals surface area contributed by atoms with Gasteiger partial charge in [-0.15, -0.1) is 0 Å². The van der Waals surface area contributed by atoms with Gasteiger partial charge in [0.15, 0.2) is 0 Å². The van der Waals surface area contributed by atoms with E-state index in [-0.39, 0.29) is 26.1 Å². The van der Waals surface area contributed by atoms with Crippen molar-refractivity contribution in [3.63, 3.8) is 0 Å². The molecule has 92 valence electrons. The van der Waals surface area contributed by atoms with Crippen molar-refractivity contribution in [2.24, 2.45) is 0 Å². The van der Waals surface area contributed by atoms with Crippen molar-refractivity contribution >= 4 is 0 Å². The lowest BCUT2D eigenvalue weighted by Crippen LogP contribution is -2.26. The van der Waals surface area contributed by atoms with Gasteiger partial charge < -0.3 is 9.47 Å². The van der Waals surface area contributed by atoms with Crippen LogP contribution >= 0.6 is 0 Å². The Kier molecular flexibility index (Phi) is 11.6. The molecular formula is C9H20O6. The highest BCUT2D eigenvalue weighted by Gasteiger charge is 2.11. The lowest BCUT2D eigenvalue weighted by Gasteiger charge is -2.15. The predicted octanol–water partition coefficient (Wildman–Crippen LogP) is 0.912. The molecule has 0 aliphatic rings. The second-order valence-corrected chi connectivity index (χ2v) is 2.58. The summed E-state index contributed by atoms with van der Waals surface area (Å²) in [6.45, 7) is 5.36. The molecule has 0 rings (SSSR count). The van der Waals surface area contributed by atoms with Crippen LogP contribution < -0.4 is 0 Å². The molecule has 0 fully saturated rings. The molecule has 6 nitrogen and oxygen atoms in total. The van der Waals surface area contributed by atoms with Crippen LogP contribution in [0.2, 0.25) is 0 Å². The van der Waals surface area contributed by atoms with Gasteiger partial charge in [-0.1, -0.05) is 0 Å². The first-order chi connectivity index (χ1) is 7.35. The van der Waals surface area contributed by atoms with Crippen molar-refractivity contribution in [1.82, 2.24) is 0 Å². The van der Waals surface area contributed by atoms with Gasteiger partial charge in [0.25, 0.3) is 0 Å². The zero-order valence-electron chi connectivity index (χ0n) is 9.56. The van der Waals surface area contributed by atoms with Crippen LogP contribution in [0.3, 0.4) is 0 Å². The molecule has 15 heavy (non-hydrogen) atoms. The second kappa shape index (κ2) is 11.8. The lowest BCUT2D eigenvalue weighted by atomic mass is 10.4. The largest absolute Gasteiger partial charge is 0.359 e. The van der Waals surface area contributed by atoms with Crippen molar-refractivity contribution in [3.05, 3.63) is 0 Å². The summed E-state index contributed by atoms with van der Waals surface area (Å²) in [6, 6.07) is 0. The standard InChI is InChI=1S/C9H20O6/c1-4-12-14-6-9(11-8-10-3)7-15-13-5-2/h9H,4-8H2,1-3H3. The van der Waals surface area contributed by atoms with Crippen LogP contribution in [0, 0.1) is 0 Å². The molecule has 0 aromatic carbocycles. The molecule has 0 saturated heterocycles. The van der Waals surface area contributed by atoms with Gasteiger partial charge in [0.05, 0.1) is 13.2 Å². The van der Waals surface area contributed by atoms with Crippen molar-refractivity contribution < 1.29 is 29.0 Å². The van der Waals surface area contributed by atoms with Crippen molar-refractivity contribution in [1.29, 1.82) is 0 Å². The minimum absolute atomic E-state index is 0.176. The summed E-state index contributed by atoms with van der Waals surface area (Å²) >= 11 is 0. The average Bonchev–Trinajstić information content (AvgIpc) is 2.25. The van der Waals surface area contributed by atoms with Crippen LogP contribution in [-0.2, 0) is 29.0 Å². The van der Waals surface area contributed by atoms with Crippen molar-refractivity contribution in [2.75, 3.05) is 40.3 Å². The minimum atomic E-state index is -0.275. The zero-order valence-corrected chi connectivity index (χ0v) is 9.56. The highest BCUT2D eigenvalue weighted by molar-refractivity contribution is 4.51. The maximum atomic E-state index is 5.25. The van der Waals surface area contributed by atoms with Gasteiger partial charge in [-0.2, -0.15) is 0 Å². The van der Waals surface area contributed by atoms with Gasteiger partial charge in [-0.3, -0.25) is 0 Å². The summed E-state index contributed by atoms with van der Waals surface area (Å²) in [5.41, 5.74) is 0. The fourth-order valence-electron chi connectivity index (χ4n) is 0.723. The number of rotatable bonds is 11. The van der Waals surface area contributed by atoms with Crippen molar-refractivity contribution in [2.45, 2.75) is 20.0 Å². The molecule has 0 spiro atoms. The van der Waals surface area contributed by atoms with Crippen LogP contribution in [0.4, 0.5) is 0 Å². The molecule has 0 unspecified atom stereocenters. The van der Waals surface area contributed by atoms with Crippen molar-refractivity contribution in [3.8, 4) is 0 Å². The molecule has 0 saturated carbocycles. The number of hydrogen-bond donors (Lipinski definition) is 0. The number of ether oxygens (including phenoxy) is 2. The van der Waals surface area contributed by atoms with Gasteiger partial charge in [0.1, 0.15) is 26.1 Å². The fraction of sp³-hybridized carbons (Fsp3) is 1.00. The fourth-order valence-corrected chi connectivity index (χ4v) is 0.723. The molecule has 0 aliphatic heterocycles. The van der Waals surface area contributed by atoms with Crippen LogP contribution in [0.5, 0.6) is 0 Å². The monoisotopic (exact) mass is 224 g/mol. The number of methoxy groups -OCH3 is 1. The molecule has 0 aromatic heterocycles. The Morgan fingerprint density at radius 3 is 1.80 bits per heavy atom. The highest BCUT2D eigenvalue weighted by atomic mass is 17.2. The maximum Gasteiger partial charge on any atom is 0.146 e. The Morgan fingerprint density at radius 2 is 1.40 bits per heavy atom. The van der Waals surface area contributed by atoms with Gasteiger partial charge in [0, 0.05) is 7.11 Å². The molecule has 0 aromatic rings. The van der Waals surface area contributed by atoms with Gasteiger partial charge in [-0.25, -0.2) is 19.6 Å². The zero-order chi connectivity index (χ0) is 11.4. The van der Waals surface area contributed by atoms with Gasteiger partial charge >= 0.3 is 0 Å². The van der Waals surface area contributed by atoms with E-state index in [1.165, 1.54) is 0 Å². The quantitative estimate of drug-likeness (QED) is 0.225. The van der Waals surface area contributed by atoms with E-state index in [9.17, 15) is 0 Å². The molecule has 0 aliphatic carbocycles. The van der Waals surface area contributed by atoms with E-state index in [1.54, 1.807) is 7.11 Å². The first-order valence-electron chi connectivity index (χ1n) is 4.94. The second-order valence-electron chi connectivity index (χ2n) is 2.58. The summed E-state index contributed by atoms with van der Waals surface area (Å²) in [4.78, 5) is 19.2. The van der Waals surface area contributed by atoms with Gasteiger partial charge in [0.2, 0.25) is 0 Å². The van der Waals surface area contributed by atoms with Gasteiger partial charge in [-0.05, 0) is 13.8 Å². The van der Waals surface area contributed by atoms with E-state index in [0.717, 1.165) is 0 Å². The van der Waals surface area contributed by atoms with E-state index >= 15 is 0 Å². The average molecular weight is 224 g/mol. The summed E-state index contributed by atoms with van der Waals surface area (Å²) in [5, 5.41) is 0. The third kappa shape index (κ3) is 10.1. The molecule has 0 radical (unpaired) electrons. The first-order valence-corrected chi connectivity index (χ1v) is 4.94. The minimum Gasteiger partial charge on any atom is -0.359 e. The highest BCUT2D eigenvalue weighted by Crippen LogP contribution is 1.97. The predicted molar refractivity (Wildman–Crippen MR) is 51.9 cm³/mol. The van der Waals surface area contributed by atoms with Crippen LogP contribution in [0.15, 0.2) is 0 Å². The summed E-state index contributed by atoms with van der Waals surface area (Å²) in [5.74, 6) is 0. The summed E-state index contributed by atoms with van der Waals surface area (Å²) in [7, 11) is 1.55. The molecule has 0 atom stereocenters. The van der Waals surface area contributed by atoms with E-state index < -0.39 is 0 Å². The van der Waals surface area contributed by atoms with E-state index in [0.29, 0.717) is 13.2 Å². The summed E-state index contributed by atoms with van der Waals surface area (Å²) < 4.78 is 10.0. The van der Waals surface area contributed by atoms with E-state index in [4.69, 9.17) is 29.0 Å². The third-order valence-electron chi connectivity index (χ3n) is 1.33. The van der Waals surface area contributed by atoms with Crippen LogP contribution in [-0.4, -0.2) is 46.4 Å².